The molecule has 0 aromatic rings. The molecule has 0 spiro atoms. The molecule has 0 aliphatic rings. The summed E-state index contributed by atoms with van der Waals surface area (Å²) < 4.78 is 9.25. The molecule has 0 atom stereocenters. The Kier molecular flexibility index (Phi) is 56.9. The molecule has 54 valence electrons. The minimum Gasteiger partial charge on any atom is -1.00 e. The predicted molar refractivity (Wildman–Crippen MR) is 43.7 cm³/mol. The topological polar surface area (TPSA) is 18.5 Å². The van der Waals surface area contributed by atoms with Crippen molar-refractivity contribution in [3.63, 3.8) is 0 Å². The molecule has 0 saturated heterocycles. The van der Waals surface area contributed by atoms with Crippen molar-refractivity contribution in [3.8, 4) is 0 Å². The van der Waals surface area contributed by atoms with Crippen LogP contribution in [0.25, 0.3) is 0 Å². The summed E-state index contributed by atoms with van der Waals surface area (Å²) in [5.41, 5.74) is 0. The van der Waals surface area contributed by atoms with Crippen LogP contribution in [0.5, 0.6) is 0 Å². The molecular formula is C6H12Al2O2. The zero-order valence-corrected chi connectivity index (χ0v) is 9.28. The van der Waals surface area contributed by atoms with Crippen LogP contribution < -0.4 is 0 Å². The molecule has 0 aliphatic heterocycles. The van der Waals surface area contributed by atoms with Crippen LogP contribution in [0.3, 0.4) is 0 Å². The van der Waals surface area contributed by atoms with E-state index in [4.69, 9.17) is 12.8 Å². The Morgan fingerprint density at radius 1 is 0.900 bits per heavy atom. The van der Waals surface area contributed by atoms with Crippen LogP contribution in [0.1, 0.15) is 0 Å². The summed E-state index contributed by atoms with van der Waals surface area (Å²) in [7, 11) is 3.44. The van der Waals surface area contributed by atoms with Gasteiger partial charge in [-0.15, -0.1) is 0 Å². The zero-order valence-electron chi connectivity index (χ0n) is 6.97. The fourth-order valence-corrected chi connectivity index (χ4v) is 0. The predicted octanol–water partition coefficient (Wildman–Crippen LogP) is 0.763. The largest absolute Gasteiger partial charge is 1.00 e. The van der Waals surface area contributed by atoms with Gasteiger partial charge >= 0.3 is 64.5 Å². The van der Waals surface area contributed by atoms with Crippen LogP contribution >= 0.6 is 0 Å². The third-order valence-corrected chi connectivity index (χ3v) is 1.41. The van der Waals surface area contributed by atoms with Crippen molar-refractivity contribution in [2.75, 3.05) is 14.2 Å². The Morgan fingerprint density at radius 3 is 1.00 bits per heavy atom. The molecular weight excluding hydrogens is 158 g/mol. The minimum absolute atomic E-state index is 0.282. The van der Waals surface area contributed by atoms with Gasteiger partial charge in [0.15, 0.2) is 0 Å². The maximum Gasteiger partial charge on any atom is -1.00 e. The first-order chi connectivity index (χ1) is 4.83. The first-order valence-corrected chi connectivity index (χ1v) is 5.94. The number of hydrogen-bond acceptors (Lipinski definition) is 2. The second-order valence-corrected chi connectivity index (χ2v) is 2.83. The van der Waals surface area contributed by atoms with E-state index in [-0.39, 0.29) is 31.1 Å². The van der Waals surface area contributed by atoms with Gasteiger partial charge in [-0.2, -0.15) is 0 Å². The van der Waals surface area contributed by atoms with Gasteiger partial charge in [-0.1, -0.05) is 0 Å². The molecule has 2 nitrogen and oxygen atoms in total. The molecule has 0 saturated carbocycles. The van der Waals surface area contributed by atoms with Crippen molar-refractivity contribution in [2.24, 2.45) is 0 Å². The van der Waals surface area contributed by atoms with E-state index < -0.39 is 0 Å². The fourth-order valence-electron chi connectivity index (χ4n) is 0. The van der Waals surface area contributed by atoms with Gasteiger partial charge in [0.25, 0.3) is 0 Å². The van der Waals surface area contributed by atoms with Crippen molar-refractivity contribution >= 4 is 31.1 Å². The van der Waals surface area contributed by atoms with E-state index in [1.807, 2.05) is 11.6 Å². The number of rotatable bonds is 2. The molecule has 0 aromatic heterocycles. The second-order valence-electron chi connectivity index (χ2n) is 0.943. The monoisotopic (exact) mass is 170 g/mol. The first-order valence-electron chi connectivity index (χ1n) is 2.69. The van der Waals surface area contributed by atoms with Gasteiger partial charge in [-0.3, -0.25) is 0 Å². The van der Waals surface area contributed by atoms with Crippen molar-refractivity contribution in [1.82, 2.24) is 0 Å². The maximum absolute atomic E-state index is 5.00. The van der Waals surface area contributed by atoms with Gasteiger partial charge in [0.05, 0.1) is 0 Å². The molecule has 0 amide bonds. The van der Waals surface area contributed by atoms with Crippen molar-refractivity contribution in [1.29, 1.82) is 0 Å². The van der Waals surface area contributed by atoms with E-state index in [2.05, 4.69) is 7.58 Å². The Morgan fingerprint density at radius 2 is 1.00 bits per heavy atom. The second kappa shape index (κ2) is 33.7. The van der Waals surface area contributed by atoms with E-state index in [1.165, 1.54) is 0 Å². The van der Waals surface area contributed by atoms with Gasteiger partial charge in [0, 0.05) is 0 Å². The standard InChI is InChI=1S/C2.2CH3O.2CH3.2Al/c3*1-2;;;;/h;2*1H3;2*1H3;;/q-2;2*-1;;;2*+2. The molecule has 0 radical (unpaired) electrons. The average Bonchev–Trinajstić information content (AvgIpc) is 2.08. The van der Waals surface area contributed by atoms with Crippen molar-refractivity contribution in [3.05, 3.63) is 12.8 Å². The van der Waals surface area contributed by atoms with Gasteiger partial charge in [-0.25, -0.2) is 0 Å². The first kappa shape index (κ1) is 16.9. The summed E-state index contributed by atoms with van der Waals surface area (Å²) in [5.74, 6) is 4.08. The average molecular weight is 170 g/mol. The molecule has 0 heterocycles. The van der Waals surface area contributed by atoms with Crippen molar-refractivity contribution in [2.45, 2.75) is 11.6 Å². The summed E-state index contributed by atoms with van der Waals surface area (Å²) in [6.45, 7) is 0. The molecule has 0 N–H and O–H groups in total. The van der Waals surface area contributed by atoms with Gasteiger partial charge in [0.1, 0.15) is 0 Å². The van der Waals surface area contributed by atoms with Gasteiger partial charge in [-0.05, 0) is 0 Å². The SMILES string of the molecule is C[O][Al+][CH3].C[O][Al+][CH3].[C-]#[C-]. The van der Waals surface area contributed by atoms with Gasteiger partial charge < -0.3 is 12.8 Å². The van der Waals surface area contributed by atoms with Crippen LogP contribution in [-0.2, 0) is 7.58 Å². The summed E-state index contributed by atoms with van der Waals surface area (Å²) in [6, 6.07) is 0. The van der Waals surface area contributed by atoms with Crippen LogP contribution in [0.2, 0.25) is 11.6 Å². The van der Waals surface area contributed by atoms with Gasteiger partial charge in [0.2, 0.25) is 0 Å². The normalized spacial score (nSPS) is 4.60. The molecule has 0 aromatic carbocycles. The van der Waals surface area contributed by atoms with Crippen LogP contribution in [0, 0.1) is 12.8 Å². The summed E-state index contributed by atoms with van der Waals surface area (Å²) in [4.78, 5) is 0. The van der Waals surface area contributed by atoms with E-state index in [9.17, 15) is 0 Å². The van der Waals surface area contributed by atoms with E-state index in [0.717, 1.165) is 0 Å². The molecule has 0 unspecified atom stereocenters. The summed E-state index contributed by atoms with van der Waals surface area (Å²) in [6.07, 6.45) is 10.0. The quantitative estimate of drug-likeness (QED) is 0.346. The van der Waals surface area contributed by atoms with Crippen LogP contribution in [0.15, 0.2) is 0 Å². The fraction of sp³-hybridized carbons (Fsp3) is 0.667. The molecule has 0 aliphatic carbocycles. The Bertz CT molecular complexity index is 40.3. The minimum atomic E-state index is 0.282. The zero-order chi connectivity index (χ0) is 8.83. The smallest absolute Gasteiger partial charge is 1.00 e. The molecule has 0 bridgehead atoms. The number of hydrogen-bond donors (Lipinski definition) is 0. The van der Waals surface area contributed by atoms with E-state index in [1.54, 1.807) is 14.2 Å². The third-order valence-electron chi connectivity index (χ3n) is 0.471. The molecule has 10 heavy (non-hydrogen) atoms. The Hall–Kier alpha value is 0.545. The van der Waals surface area contributed by atoms with Crippen LogP contribution in [0.4, 0.5) is 0 Å². The third kappa shape index (κ3) is 75.1. The maximum atomic E-state index is 5.00. The molecule has 0 rings (SSSR count). The van der Waals surface area contributed by atoms with E-state index in [0.29, 0.717) is 0 Å². The van der Waals surface area contributed by atoms with E-state index >= 15 is 0 Å². The summed E-state index contributed by atoms with van der Waals surface area (Å²) >= 11 is 0.565. The molecule has 0 fully saturated rings. The Balaban J connectivity index is -0.0000000787. The molecule has 4 heteroatoms. The van der Waals surface area contributed by atoms with Crippen molar-refractivity contribution < 1.29 is 7.58 Å². The van der Waals surface area contributed by atoms with Crippen LogP contribution in [-0.4, -0.2) is 45.3 Å². The Labute approximate surface area is 77.4 Å². The summed E-state index contributed by atoms with van der Waals surface area (Å²) in [5, 5.41) is 0.